The fourth-order valence-electron chi connectivity index (χ4n) is 4.10. The number of carbonyl (C=O) groups is 3. The summed E-state index contributed by atoms with van der Waals surface area (Å²) in [5.41, 5.74) is 2.47. The topological polar surface area (TPSA) is 84.9 Å². The molecular formula is C29H22N2O5. The van der Waals surface area contributed by atoms with Crippen molar-refractivity contribution in [3.8, 4) is 17.2 Å². The number of rotatable bonds is 7. The molecule has 5 rings (SSSR count). The molecule has 0 aliphatic carbocycles. The molecule has 0 fully saturated rings. The largest absolute Gasteiger partial charge is 0.496 e. The molecule has 0 bridgehead atoms. The minimum atomic E-state index is -0.399. The number of hydrogen-bond acceptors (Lipinski definition) is 5. The number of nitrogens with one attached hydrogen (secondary N) is 1. The maximum absolute atomic E-state index is 13.0. The SMILES string of the molecule is COc1ccccc1CC(=O)Nc1cccc(Oc2ccc3c(c2)C(=O)N(c2ccccc2)C3=O)c1. The van der Waals surface area contributed by atoms with Crippen LogP contribution in [-0.2, 0) is 11.2 Å². The summed E-state index contributed by atoms with van der Waals surface area (Å²) in [6.45, 7) is 0. The molecule has 0 radical (unpaired) electrons. The molecule has 0 spiro atoms. The number of nitrogens with zero attached hydrogens (tertiary/aromatic N) is 1. The molecule has 0 unspecified atom stereocenters. The van der Waals surface area contributed by atoms with Crippen LogP contribution in [0.3, 0.4) is 0 Å². The quantitative estimate of drug-likeness (QED) is 0.356. The van der Waals surface area contributed by atoms with E-state index >= 15 is 0 Å². The molecule has 1 aliphatic heterocycles. The van der Waals surface area contributed by atoms with Gasteiger partial charge in [0.1, 0.15) is 17.2 Å². The van der Waals surface area contributed by atoms with Gasteiger partial charge in [0.15, 0.2) is 0 Å². The lowest BCUT2D eigenvalue weighted by Crippen LogP contribution is -2.29. The van der Waals surface area contributed by atoms with Crippen molar-refractivity contribution in [2.24, 2.45) is 0 Å². The Morgan fingerprint density at radius 2 is 1.50 bits per heavy atom. The number of ether oxygens (including phenoxy) is 2. The number of benzene rings is 4. The molecule has 3 amide bonds. The summed E-state index contributed by atoms with van der Waals surface area (Å²) in [6.07, 6.45) is 0.161. The lowest BCUT2D eigenvalue weighted by Gasteiger charge is -2.13. The van der Waals surface area contributed by atoms with Gasteiger partial charge in [-0.25, -0.2) is 4.90 Å². The molecule has 7 nitrogen and oxygen atoms in total. The van der Waals surface area contributed by atoms with Crippen molar-refractivity contribution in [3.63, 3.8) is 0 Å². The maximum atomic E-state index is 13.0. The van der Waals surface area contributed by atoms with Gasteiger partial charge in [-0.3, -0.25) is 14.4 Å². The Morgan fingerprint density at radius 1 is 0.778 bits per heavy atom. The molecule has 0 atom stereocenters. The zero-order valence-electron chi connectivity index (χ0n) is 19.4. The summed E-state index contributed by atoms with van der Waals surface area (Å²) in [7, 11) is 1.57. The standard InChI is InChI=1S/C29H22N2O5/c1-35-26-13-6-5-8-19(26)16-27(32)30-20-9-7-12-22(17-20)36-23-14-15-24-25(18-23)29(34)31(28(24)33)21-10-3-2-4-11-21/h2-15,17-18H,16H2,1H3,(H,30,32). The summed E-state index contributed by atoms with van der Waals surface area (Å²) in [6, 6.07) is 27.9. The highest BCUT2D eigenvalue weighted by Crippen LogP contribution is 2.32. The molecule has 178 valence electrons. The van der Waals surface area contributed by atoms with Crippen LogP contribution in [0.1, 0.15) is 26.3 Å². The van der Waals surface area contributed by atoms with Crippen LogP contribution in [0.25, 0.3) is 0 Å². The molecule has 1 aliphatic rings. The fourth-order valence-corrected chi connectivity index (χ4v) is 4.10. The van der Waals surface area contributed by atoms with Crippen molar-refractivity contribution in [1.29, 1.82) is 0 Å². The molecular weight excluding hydrogens is 456 g/mol. The van der Waals surface area contributed by atoms with Crippen LogP contribution < -0.4 is 19.7 Å². The monoisotopic (exact) mass is 478 g/mol. The van der Waals surface area contributed by atoms with Crippen LogP contribution in [0.4, 0.5) is 11.4 Å². The van der Waals surface area contributed by atoms with Crippen LogP contribution in [0.5, 0.6) is 17.2 Å². The molecule has 0 saturated carbocycles. The summed E-state index contributed by atoms with van der Waals surface area (Å²) < 4.78 is 11.3. The molecule has 0 aromatic heterocycles. The molecule has 0 saturated heterocycles. The summed E-state index contributed by atoms with van der Waals surface area (Å²) >= 11 is 0. The number of para-hydroxylation sites is 2. The van der Waals surface area contributed by atoms with Gasteiger partial charge in [0, 0.05) is 17.3 Å². The van der Waals surface area contributed by atoms with Crippen molar-refractivity contribution in [1.82, 2.24) is 0 Å². The van der Waals surface area contributed by atoms with E-state index in [0.717, 1.165) is 10.5 Å². The fraction of sp³-hybridized carbons (Fsp3) is 0.0690. The number of imide groups is 1. The van der Waals surface area contributed by atoms with Gasteiger partial charge in [-0.1, -0.05) is 42.5 Å². The molecule has 4 aromatic carbocycles. The zero-order valence-corrected chi connectivity index (χ0v) is 19.4. The van der Waals surface area contributed by atoms with Crippen LogP contribution in [0.15, 0.2) is 97.1 Å². The second-order valence-electron chi connectivity index (χ2n) is 8.16. The Labute approximate surface area is 207 Å². The van der Waals surface area contributed by atoms with E-state index in [-0.39, 0.29) is 23.8 Å². The van der Waals surface area contributed by atoms with E-state index in [4.69, 9.17) is 9.47 Å². The average molecular weight is 479 g/mol. The lowest BCUT2D eigenvalue weighted by atomic mass is 10.1. The first-order valence-electron chi connectivity index (χ1n) is 11.3. The number of hydrogen-bond donors (Lipinski definition) is 1. The van der Waals surface area contributed by atoms with Gasteiger partial charge < -0.3 is 14.8 Å². The third-order valence-electron chi connectivity index (χ3n) is 5.77. The molecule has 1 N–H and O–H groups in total. The van der Waals surface area contributed by atoms with Crippen LogP contribution >= 0.6 is 0 Å². The third kappa shape index (κ3) is 4.54. The van der Waals surface area contributed by atoms with E-state index in [1.807, 2.05) is 30.3 Å². The van der Waals surface area contributed by atoms with Crippen LogP contribution in [0.2, 0.25) is 0 Å². The second-order valence-corrected chi connectivity index (χ2v) is 8.16. The van der Waals surface area contributed by atoms with Gasteiger partial charge in [-0.2, -0.15) is 0 Å². The summed E-state index contributed by atoms with van der Waals surface area (Å²) in [4.78, 5) is 39.5. The Morgan fingerprint density at radius 3 is 2.31 bits per heavy atom. The van der Waals surface area contributed by atoms with E-state index in [9.17, 15) is 14.4 Å². The van der Waals surface area contributed by atoms with Crippen molar-refractivity contribution < 1.29 is 23.9 Å². The second kappa shape index (κ2) is 9.76. The minimum Gasteiger partial charge on any atom is -0.496 e. The molecule has 36 heavy (non-hydrogen) atoms. The van der Waals surface area contributed by atoms with Gasteiger partial charge in [0.05, 0.1) is 30.3 Å². The predicted octanol–water partition coefficient (Wildman–Crippen LogP) is 5.47. The minimum absolute atomic E-state index is 0.161. The van der Waals surface area contributed by atoms with E-state index in [0.29, 0.717) is 34.2 Å². The number of methoxy groups -OCH3 is 1. The average Bonchev–Trinajstić information content (AvgIpc) is 3.14. The Balaban J connectivity index is 1.30. The highest BCUT2D eigenvalue weighted by atomic mass is 16.5. The van der Waals surface area contributed by atoms with E-state index in [2.05, 4.69) is 5.32 Å². The van der Waals surface area contributed by atoms with Gasteiger partial charge in [0.25, 0.3) is 11.8 Å². The first-order chi connectivity index (χ1) is 17.5. The first-order valence-corrected chi connectivity index (χ1v) is 11.3. The van der Waals surface area contributed by atoms with Crippen molar-refractivity contribution in [2.45, 2.75) is 6.42 Å². The summed E-state index contributed by atoms with van der Waals surface area (Å²) in [5, 5.41) is 2.87. The molecule has 1 heterocycles. The predicted molar refractivity (Wildman–Crippen MR) is 136 cm³/mol. The van der Waals surface area contributed by atoms with E-state index < -0.39 is 5.91 Å². The number of anilines is 2. The highest BCUT2D eigenvalue weighted by molar-refractivity contribution is 6.34. The van der Waals surface area contributed by atoms with E-state index in [1.165, 1.54) is 0 Å². The maximum Gasteiger partial charge on any atom is 0.266 e. The van der Waals surface area contributed by atoms with Gasteiger partial charge in [0.2, 0.25) is 5.91 Å². The van der Waals surface area contributed by atoms with Crippen LogP contribution in [-0.4, -0.2) is 24.8 Å². The number of carbonyl (C=O) groups excluding carboxylic acids is 3. The highest BCUT2D eigenvalue weighted by Gasteiger charge is 2.36. The zero-order chi connectivity index (χ0) is 25.1. The van der Waals surface area contributed by atoms with Gasteiger partial charge in [-0.15, -0.1) is 0 Å². The Hall–Kier alpha value is -4.91. The lowest BCUT2D eigenvalue weighted by molar-refractivity contribution is -0.115. The smallest absolute Gasteiger partial charge is 0.266 e. The first kappa shape index (κ1) is 22.9. The molecule has 7 heteroatoms. The Kier molecular flexibility index (Phi) is 6.19. The number of fused-ring (bicyclic) bond motifs is 1. The van der Waals surface area contributed by atoms with Crippen molar-refractivity contribution >= 4 is 29.1 Å². The third-order valence-corrected chi connectivity index (χ3v) is 5.77. The van der Waals surface area contributed by atoms with Crippen LogP contribution in [0, 0.1) is 0 Å². The number of amides is 3. The normalized spacial score (nSPS) is 12.3. The van der Waals surface area contributed by atoms with Gasteiger partial charge in [-0.05, 0) is 48.5 Å². The van der Waals surface area contributed by atoms with Crippen molar-refractivity contribution in [3.05, 3.63) is 114 Å². The Bertz CT molecular complexity index is 1470. The van der Waals surface area contributed by atoms with Gasteiger partial charge >= 0.3 is 0 Å². The van der Waals surface area contributed by atoms with Crippen molar-refractivity contribution in [2.75, 3.05) is 17.3 Å². The summed E-state index contributed by atoms with van der Waals surface area (Å²) in [5.74, 6) is 0.569. The van der Waals surface area contributed by atoms with E-state index in [1.54, 1.807) is 73.8 Å². The molecule has 4 aromatic rings.